The van der Waals surface area contributed by atoms with E-state index in [-0.39, 0.29) is 41.2 Å². The fraction of sp³-hybridized carbons (Fsp3) is 0. The van der Waals surface area contributed by atoms with E-state index in [2.05, 4.69) is 41.0 Å². The normalized spacial score (nSPS) is 12.7. The van der Waals surface area contributed by atoms with Crippen LogP contribution in [0.5, 0.6) is 0 Å². The van der Waals surface area contributed by atoms with Gasteiger partial charge in [0.2, 0.25) is 0 Å². The second-order valence-corrected chi connectivity index (χ2v) is 12.2. The van der Waals surface area contributed by atoms with Crippen molar-refractivity contribution in [1.82, 2.24) is 24.1 Å². The van der Waals surface area contributed by atoms with Crippen LogP contribution in [0.3, 0.4) is 0 Å². The summed E-state index contributed by atoms with van der Waals surface area (Å²) in [5.74, 6) is 0.826. The van der Waals surface area contributed by atoms with Crippen molar-refractivity contribution in [3.63, 3.8) is 0 Å². The summed E-state index contributed by atoms with van der Waals surface area (Å²) in [6.45, 7) is 0. The van der Waals surface area contributed by atoms with E-state index in [9.17, 15) is 5.48 Å². The quantitative estimate of drug-likeness (QED) is 0.187. The van der Waals surface area contributed by atoms with Gasteiger partial charge in [0, 0.05) is 49.6 Å². The van der Waals surface area contributed by atoms with Crippen LogP contribution in [0.2, 0.25) is 0 Å². The Labute approximate surface area is 294 Å². The Balaban J connectivity index is 1.25. The van der Waals surface area contributed by atoms with E-state index in [1.54, 1.807) is 0 Å². The lowest BCUT2D eigenvalue weighted by Crippen LogP contribution is -2.00. The van der Waals surface area contributed by atoms with Crippen LogP contribution in [-0.4, -0.2) is 24.1 Å². The van der Waals surface area contributed by atoms with Crippen LogP contribution >= 0.6 is 0 Å². The molecular formula is C45H29N5. The van der Waals surface area contributed by atoms with E-state index < -0.39 is 0 Å². The summed E-state index contributed by atoms with van der Waals surface area (Å²) in [5, 5.41) is 3.97. The highest BCUT2D eigenvalue weighted by molar-refractivity contribution is 6.19. The molecule has 10 aromatic rings. The number of benzene rings is 7. The topological polar surface area (TPSA) is 48.5 Å². The third kappa shape index (κ3) is 4.52. The molecule has 5 heteroatoms. The molecule has 0 radical (unpaired) electrons. The third-order valence-corrected chi connectivity index (χ3v) is 9.24. The van der Waals surface area contributed by atoms with Crippen molar-refractivity contribution < 1.29 is 5.48 Å². The van der Waals surface area contributed by atoms with E-state index in [4.69, 9.17) is 15.0 Å². The first kappa shape index (κ1) is 24.3. The molecule has 50 heavy (non-hydrogen) atoms. The molecular weight excluding hydrogens is 611 g/mol. The fourth-order valence-electron chi connectivity index (χ4n) is 6.98. The van der Waals surface area contributed by atoms with Gasteiger partial charge in [-0.3, -0.25) is 0 Å². The van der Waals surface area contributed by atoms with Gasteiger partial charge in [-0.05, 0) is 60.6 Å². The minimum atomic E-state index is -0.233. The summed E-state index contributed by atoms with van der Waals surface area (Å²) < 4.78 is 42.0. The van der Waals surface area contributed by atoms with Crippen molar-refractivity contribution >= 4 is 43.6 Å². The van der Waals surface area contributed by atoms with Gasteiger partial charge in [0.1, 0.15) is 0 Å². The van der Waals surface area contributed by atoms with E-state index in [0.29, 0.717) is 11.6 Å². The zero-order valence-corrected chi connectivity index (χ0v) is 26.7. The standard InChI is InChI=1S/C45H29N5/c1-4-14-30(15-5-1)43-46-44(31-16-6-2-7-17-31)48-45(47-43)32-24-26-34(27-25-32)50-40-23-13-11-21-36(40)38-28-41-37(29-42(38)50)35-20-10-12-22-39(35)49(41)33-18-8-3-9-19-33/h1-29H/i24D,25D,26D,27D. The highest BCUT2D eigenvalue weighted by atomic mass is 15.0. The largest absolute Gasteiger partial charge is 0.309 e. The maximum absolute atomic E-state index is 9.51. The third-order valence-electron chi connectivity index (χ3n) is 9.24. The van der Waals surface area contributed by atoms with Crippen LogP contribution in [0.15, 0.2) is 176 Å². The Bertz CT molecular complexity index is 3000. The van der Waals surface area contributed by atoms with E-state index in [1.807, 2.05) is 120 Å². The zero-order chi connectivity index (χ0) is 36.5. The van der Waals surface area contributed by atoms with Gasteiger partial charge in [0.25, 0.3) is 0 Å². The molecule has 0 bridgehead atoms. The van der Waals surface area contributed by atoms with Gasteiger partial charge < -0.3 is 9.13 Å². The molecule has 3 heterocycles. The monoisotopic (exact) mass is 643 g/mol. The molecule has 5 nitrogen and oxygen atoms in total. The first-order chi connectivity index (χ1) is 26.5. The average molecular weight is 644 g/mol. The summed E-state index contributed by atoms with van der Waals surface area (Å²) in [6, 6.07) is 48.9. The van der Waals surface area contributed by atoms with Gasteiger partial charge in [0.15, 0.2) is 17.5 Å². The van der Waals surface area contributed by atoms with Gasteiger partial charge in [-0.15, -0.1) is 0 Å². The van der Waals surface area contributed by atoms with Crippen molar-refractivity contribution in [2.24, 2.45) is 0 Å². The molecule has 0 saturated heterocycles. The zero-order valence-electron chi connectivity index (χ0n) is 30.7. The van der Waals surface area contributed by atoms with Crippen LogP contribution in [-0.2, 0) is 0 Å². The predicted molar refractivity (Wildman–Crippen MR) is 205 cm³/mol. The number of rotatable bonds is 5. The molecule has 0 N–H and O–H groups in total. The van der Waals surface area contributed by atoms with E-state index >= 15 is 0 Å². The highest BCUT2D eigenvalue weighted by Crippen LogP contribution is 2.39. The van der Waals surface area contributed by atoms with Gasteiger partial charge in [0.05, 0.1) is 27.5 Å². The van der Waals surface area contributed by atoms with Crippen LogP contribution in [0.4, 0.5) is 0 Å². The SMILES string of the molecule is [2H]c1c([2H])c(-n2c3ccccc3c3cc4c(cc32)c2ccccc2n4-c2ccccc2)c([2H])c([2H])c1-c1nc(-c2ccccc2)nc(-c2ccccc2)n1. The smallest absolute Gasteiger partial charge is 0.164 e. The number of hydrogen-bond donors (Lipinski definition) is 0. The molecule has 0 aliphatic rings. The number of nitrogens with zero attached hydrogens (tertiary/aromatic N) is 5. The summed E-state index contributed by atoms with van der Waals surface area (Å²) >= 11 is 0. The molecule has 10 rings (SSSR count). The Hall–Kier alpha value is -6.85. The predicted octanol–water partition coefficient (Wildman–Crippen LogP) is 11.1. The van der Waals surface area contributed by atoms with Crippen LogP contribution in [0.1, 0.15) is 5.48 Å². The Morgan fingerprint density at radius 3 is 1.24 bits per heavy atom. The van der Waals surface area contributed by atoms with Crippen molar-refractivity contribution in [3.05, 3.63) is 176 Å². The molecule has 0 unspecified atom stereocenters. The molecule has 7 aromatic carbocycles. The lowest BCUT2D eigenvalue weighted by Gasteiger charge is -2.11. The molecule has 0 fully saturated rings. The first-order valence-corrected chi connectivity index (χ1v) is 16.5. The van der Waals surface area contributed by atoms with Crippen LogP contribution < -0.4 is 0 Å². The van der Waals surface area contributed by atoms with Gasteiger partial charge in [-0.1, -0.05) is 115 Å². The Morgan fingerprint density at radius 1 is 0.340 bits per heavy atom. The van der Waals surface area contributed by atoms with E-state index in [1.165, 1.54) is 0 Å². The minimum absolute atomic E-state index is 0.0135. The average Bonchev–Trinajstić information content (AvgIpc) is 3.72. The van der Waals surface area contributed by atoms with Crippen LogP contribution in [0.25, 0.3) is 89.2 Å². The highest BCUT2D eigenvalue weighted by Gasteiger charge is 2.19. The number of fused-ring (bicyclic) bond motifs is 6. The van der Waals surface area contributed by atoms with Crippen molar-refractivity contribution in [2.45, 2.75) is 0 Å². The van der Waals surface area contributed by atoms with Crippen LogP contribution in [0, 0.1) is 0 Å². The maximum atomic E-state index is 9.51. The molecule has 0 aliphatic heterocycles. The molecule has 0 saturated carbocycles. The van der Waals surface area contributed by atoms with Crippen molar-refractivity contribution in [3.8, 4) is 45.5 Å². The maximum Gasteiger partial charge on any atom is 0.164 e. The number of aromatic nitrogens is 5. The molecule has 3 aromatic heterocycles. The number of para-hydroxylation sites is 3. The first-order valence-electron chi connectivity index (χ1n) is 18.5. The molecule has 234 valence electrons. The number of hydrogen-bond acceptors (Lipinski definition) is 3. The molecule has 0 amide bonds. The second kappa shape index (κ2) is 11.4. The minimum Gasteiger partial charge on any atom is -0.309 e. The molecule has 0 spiro atoms. The fourth-order valence-corrected chi connectivity index (χ4v) is 6.98. The summed E-state index contributed by atoms with van der Waals surface area (Å²) in [7, 11) is 0. The summed E-state index contributed by atoms with van der Waals surface area (Å²) in [5.41, 5.74) is 6.38. The Kier molecular flexibility index (Phi) is 5.54. The van der Waals surface area contributed by atoms with Crippen molar-refractivity contribution in [2.75, 3.05) is 0 Å². The van der Waals surface area contributed by atoms with Gasteiger partial charge >= 0.3 is 0 Å². The second-order valence-electron chi connectivity index (χ2n) is 12.2. The van der Waals surface area contributed by atoms with Gasteiger partial charge in [-0.25, -0.2) is 15.0 Å². The molecule has 0 atom stereocenters. The lowest BCUT2D eigenvalue weighted by atomic mass is 10.1. The molecule has 0 aliphatic carbocycles. The van der Waals surface area contributed by atoms with Gasteiger partial charge in [-0.2, -0.15) is 0 Å². The summed E-state index contributed by atoms with van der Waals surface area (Å²) in [6.07, 6.45) is 0. The Morgan fingerprint density at radius 2 is 0.740 bits per heavy atom. The van der Waals surface area contributed by atoms with E-state index in [0.717, 1.165) is 60.4 Å². The summed E-state index contributed by atoms with van der Waals surface area (Å²) in [4.78, 5) is 14.2. The van der Waals surface area contributed by atoms with Crippen molar-refractivity contribution in [1.29, 1.82) is 0 Å². The lowest BCUT2D eigenvalue weighted by molar-refractivity contribution is 1.07.